The summed E-state index contributed by atoms with van der Waals surface area (Å²) < 4.78 is 25.9. The van der Waals surface area contributed by atoms with E-state index >= 15 is 0 Å². The smallest absolute Gasteiger partial charge is 0.216 e. The van der Waals surface area contributed by atoms with E-state index in [1.54, 1.807) is 22.6 Å². The van der Waals surface area contributed by atoms with Crippen LogP contribution in [-0.4, -0.2) is 42.1 Å². The molecule has 1 N–H and O–H groups in total. The highest BCUT2D eigenvalue weighted by molar-refractivity contribution is 7.90. The average Bonchev–Trinajstić information content (AvgIpc) is 3.33. The molecule has 2 fully saturated rings. The normalized spacial score (nSPS) is 20.9. The van der Waals surface area contributed by atoms with E-state index in [-0.39, 0.29) is 11.3 Å². The summed E-state index contributed by atoms with van der Waals surface area (Å²) >= 11 is 0. The van der Waals surface area contributed by atoms with E-state index in [2.05, 4.69) is 16.4 Å². The lowest BCUT2D eigenvalue weighted by Gasteiger charge is -2.32. The lowest BCUT2D eigenvalue weighted by molar-refractivity contribution is 0.329. The van der Waals surface area contributed by atoms with Crippen molar-refractivity contribution in [2.45, 2.75) is 37.0 Å². The second-order valence-electron chi connectivity index (χ2n) is 5.57. The number of nitriles is 1. The summed E-state index contributed by atoms with van der Waals surface area (Å²) in [5.74, 6) is 0.587. The predicted octanol–water partition coefficient (Wildman–Crippen LogP) is 1.32. The number of hydrogen-bond acceptors (Lipinski definition) is 5. The second kappa shape index (κ2) is 5.62. The molecule has 1 aromatic rings. The van der Waals surface area contributed by atoms with Crippen LogP contribution in [0.4, 0.5) is 5.82 Å². The second-order valence-corrected chi connectivity index (χ2v) is 7.79. The molecule has 21 heavy (non-hydrogen) atoms. The molecule has 2 aliphatic rings. The van der Waals surface area contributed by atoms with Gasteiger partial charge in [-0.05, 0) is 37.8 Å². The number of piperidine rings is 1. The molecule has 112 valence electrons. The van der Waals surface area contributed by atoms with Gasteiger partial charge in [-0.3, -0.25) is 0 Å². The molecule has 0 amide bonds. The first kappa shape index (κ1) is 14.3. The lowest BCUT2D eigenvalue weighted by atomic mass is 10.1. The first-order chi connectivity index (χ1) is 10.1. The Hall–Kier alpha value is -1.65. The van der Waals surface area contributed by atoms with Gasteiger partial charge < -0.3 is 5.32 Å². The molecule has 2 heterocycles. The van der Waals surface area contributed by atoms with E-state index in [1.807, 2.05) is 0 Å². The maximum Gasteiger partial charge on any atom is 0.216 e. The minimum atomic E-state index is -3.06. The van der Waals surface area contributed by atoms with Crippen molar-refractivity contribution in [3.05, 3.63) is 23.9 Å². The lowest BCUT2D eigenvalue weighted by Crippen LogP contribution is -2.43. The molecule has 1 saturated carbocycles. The first-order valence-corrected chi connectivity index (χ1v) is 8.72. The molecule has 3 rings (SSSR count). The molecule has 1 saturated heterocycles. The third-order valence-corrected chi connectivity index (χ3v) is 6.43. The summed E-state index contributed by atoms with van der Waals surface area (Å²) in [5.41, 5.74) is 0.519. The van der Waals surface area contributed by atoms with Gasteiger partial charge in [-0.2, -0.15) is 5.26 Å². The largest absolute Gasteiger partial charge is 0.366 e. The van der Waals surface area contributed by atoms with Crippen LogP contribution < -0.4 is 5.32 Å². The Morgan fingerprint density at radius 3 is 2.62 bits per heavy atom. The highest BCUT2D eigenvalue weighted by Crippen LogP contribution is 2.32. The molecule has 0 aromatic carbocycles. The van der Waals surface area contributed by atoms with Crippen LogP contribution in [0.25, 0.3) is 0 Å². The van der Waals surface area contributed by atoms with Gasteiger partial charge in [0.2, 0.25) is 10.0 Å². The van der Waals surface area contributed by atoms with Gasteiger partial charge in [0.1, 0.15) is 11.9 Å². The fourth-order valence-corrected chi connectivity index (χ4v) is 4.51. The topological polar surface area (TPSA) is 86.1 Å². The van der Waals surface area contributed by atoms with Gasteiger partial charge in [-0.15, -0.1) is 0 Å². The van der Waals surface area contributed by atoms with Crippen LogP contribution in [0.15, 0.2) is 18.3 Å². The summed E-state index contributed by atoms with van der Waals surface area (Å²) in [7, 11) is -3.06. The molecule has 1 aliphatic heterocycles. The SMILES string of the molecule is N#Cc1cccnc1NC1CCN(S(=O)(=O)C2CC2)CC1. The average molecular weight is 306 g/mol. The van der Waals surface area contributed by atoms with Crippen LogP contribution in [-0.2, 0) is 10.0 Å². The number of nitrogens with zero attached hydrogens (tertiary/aromatic N) is 3. The molecule has 0 unspecified atom stereocenters. The van der Waals surface area contributed by atoms with Gasteiger partial charge in [0.25, 0.3) is 0 Å². The van der Waals surface area contributed by atoms with E-state index in [0.717, 1.165) is 25.7 Å². The first-order valence-electron chi connectivity index (χ1n) is 7.22. The van der Waals surface area contributed by atoms with Gasteiger partial charge in [0, 0.05) is 25.3 Å². The zero-order chi connectivity index (χ0) is 14.9. The van der Waals surface area contributed by atoms with E-state index < -0.39 is 10.0 Å². The molecular formula is C14H18N4O2S. The van der Waals surface area contributed by atoms with Crippen molar-refractivity contribution in [3.63, 3.8) is 0 Å². The number of anilines is 1. The summed E-state index contributed by atoms with van der Waals surface area (Å²) in [6.45, 7) is 1.09. The van der Waals surface area contributed by atoms with E-state index in [0.29, 0.717) is 24.5 Å². The van der Waals surface area contributed by atoms with Crippen LogP contribution in [0.3, 0.4) is 0 Å². The minimum Gasteiger partial charge on any atom is -0.366 e. The van der Waals surface area contributed by atoms with E-state index in [4.69, 9.17) is 5.26 Å². The molecular weight excluding hydrogens is 288 g/mol. The Bertz CT molecular complexity index is 656. The molecule has 1 aromatic heterocycles. The molecule has 0 atom stereocenters. The number of sulfonamides is 1. The van der Waals surface area contributed by atoms with Gasteiger partial charge >= 0.3 is 0 Å². The Labute approximate surface area is 124 Å². The van der Waals surface area contributed by atoms with Gasteiger partial charge in [-0.1, -0.05) is 0 Å². The molecule has 7 heteroatoms. The Morgan fingerprint density at radius 1 is 1.29 bits per heavy atom. The Morgan fingerprint density at radius 2 is 2.00 bits per heavy atom. The molecule has 0 spiro atoms. The minimum absolute atomic E-state index is 0.136. The molecule has 1 aliphatic carbocycles. The van der Waals surface area contributed by atoms with Gasteiger partial charge in [-0.25, -0.2) is 17.7 Å². The zero-order valence-corrected chi connectivity index (χ0v) is 12.5. The number of aromatic nitrogens is 1. The van der Waals surface area contributed by atoms with Crippen molar-refractivity contribution >= 4 is 15.8 Å². The highest BCUT2D eigenvalue weighted by atomic mass is 32.2. The zero-order valence-electron chi connectivity index (χ0n) is 11.7. The van der Waals surface area contributed by atoms with Crippen molar-refractivity contribution < 1.29 is 8.42 Å². The number of rotatable bonds is 4. The van der Waals surface area contributed by atoms with E-state index in [9.17, 15) is 8.42 Å². The van der Waals surface area contributed by atoms with Crippen molar-refractivity contribution in [1.82, 2.24) is 9.29 Å². The van der Waals surface area contributed by atoms with Crippen molar-refractivity contribution in [1.29, 1.82) is 5.26 Å². The molecule has 0 radical (unpaired) electrons. The van der Waals surface area contributed by atoms with E-state index in [1.165, 1.54) is 0 Å². The van der Waals surface area contributed by atoms with Crippen molar-refractivity contribution in [2.24, 2.45) is 0 Å². The highest BCUT2D eigenvalue weighted by Gasteiger charge is 2.41. The molecule has 6 nitrogen and oxygen atoms in total. The summed E-state index contributed by atoms with van der Waals surface area (Å²) in [4.78, 5) is 4.18. The third-order valence-electron chi connectivity index (χ3n) is 4.03. The fraction of sp³-hybridized carbons (Fsp3) is 0.571. The van der Waals surface area contributed by atoms with Crippen LogP contribution in [0.5, 0.6) is 0 Å². The predicted molar refractivity (Wildman–Crippen MR) is 79.1 cm³/mol. The van der Waals surface area contributed by atoms with Crippen LogP contribution >= 0.6 is 0 Å². The monoisotopic (exact) mass is 306 g/mol. The van der Waals surface area contributed by atoms with Gasteiger partial charge in [0.15, 0.2) is 0 Å². The number of pyridine rings is 1. The maximum atomic E-state index is 12.2. The standard InChI is InChI=1S/C14H18N4O2S/c15-10-11-2-1-7-16-14(11)17-12-5-8-18(9-6-12)21(19,20)13-3-4-13/h1-2,7,12-13H,3-6,8-9H2,(H,16,17). The fourth-order valence-electron chi connectivity index (χ4n) is 2.64. The third kappa shape index (κ3) is 3.01. The quantitative estimate of drug-likeness (QED) is 0.906. The number of nitrogens with one attached hydrogen (secondary N) is 1. The molecule has 0 bridgehead atoms. The Kier molecular flexibility index (Phi) is 3.83. The summed E-state index contributed by atoms with van der Waals surface area (Å²) in [6.07, 6.45) is 4.75. The summed E-state index contributed by atoms with van der Waals surface area (Å²) in [5, 5.41) is 12.2. The van der Waals surface area contributed by atoms with Crippen LogP contribution in [0.1, 0.15) is 31.2 Å². The van der Waals surface area contributed by atoms with Gasteiger partial charge in [0.05, 0.1) is 10.8 Å². The summed E-state index contributed by atoms with van der Waals surface area (Å²) in [6, 6.07) is 5.73. The Balaban J connectivity index is 1.60. The number of hydrogen-bond donors (Lipinski definition) is 1. The maximum absolute atomic E-state index is 12.2. The van der Waals surface area contributed by atoms with Crippen LogP contribution in [0.2, 0.25) is 0 Å². The van der Waals surface area contributed by atoms with Crippen LogP contribution in [0, 0.1) is 11.3 Å². The van der Waals surface area contributed by atoms with Crippen molar-refractivity contribution in [2.75, 3.05) is 18.4 Å². The van der Waals surface area contributed by atoms with Crippen molar-refractivity contribution in [3.8, 4) is 6.07 Å².